The first-order chi connectivity index (χ1) is 30.9. The van der Waals surface area contributed by atoms with E-state index in [0.29, 0.717) is 29.8 Å². The molecule has 17 heteroatoms. The van der Waals surface area contributed by atoms with E-state index in [1.807, 2.05) is 66.7 Å². The first kappa shape index (κ1) is 49.0. The summed E-state index contributed by atoms with van der Waals surface area (Å²) >= 11 is 1.37. The second kappa shape index (κ2) is 20.8. The number of alkyl carbamates (subject to hydrolysis) is 1. The zero-order valence-corrected chi connectivity index (χ0v) is 39.9. The maximum atomic E-state index is 14.5. The number of thioether (sulfide) groups is 1. The van der Waals surface area contributed by atoms with Crippen molar-refractivity contribution in [1.82, 2.24) is 15.1 Å². The number of esters is 1. The van der Waals surface area contributed by atoms with Crippen molar-refractivity contribution in [3.05, 3.63) is 149 Å². The molecule has 4 aromatic rings. The van der Waals surface area contributed by atoms with Gasteiger partial charge < -0.3 is 51.5 Å². The van der Waals surface area contributed by atoms with Gasteiger partial charge in [-0.05, 0) is 101 Å². The number of β-lactam (4-membered cyclic amide) rings is 1. The lowest BCUT2D eigenvalue weighted by molar-refractivity contribution is -0.684. The molecule has 2 N–H and O–H groups in total. The van der Waals surface area contributed by atoms with Crippen LogP contribution in [0.15, 0.2) is 132 Å². The standard InChI is InChI=1S/C49H51N5O10S.BrH/c1-48(2,3)63-46(59)51-39-43(57)54-40(45(58)62-41(32-15-9-7-10-16-32)33-17-11-8-12-18-33)35(30-65-44(39)54)26-34-23-25-53(42(34)56)28-31-14-13-24-52(27-31)29-38(55)50-36-19-21-37(22-20-36)61-47(60)64-49(4,5)6;/h7-22,24,26-27,39,41,44H,23,25,28-30H2,1-6H3,(H-,50,51,55,59);1H/t39-,44-;/m1./s1. The molecule has 15 nitrogen and oxygen atoms in total. The third-order valence-corrected chi connectivity index (χ3v) is 11.5. The van der Waals surface area contributed by atoms with Gasteiger partial charge in [-0.1, -0.05) is 60.7 Å². The first-order valence-corrected chi connectivity index (χ1v) is 22.2. The van der Waals surface area contributed by atoms with Crippen LogP contribution in [0.4, 0.5) is 15.3 Å². The van der Waals surface area contributed by atoms with Crippen molar-refractivity contribution in [2.45, 2.75) is 89.8 Å². The second-order valence-electron chi connectivity index (χ2n) is 17.7. The van der Waals surface area contributed by atoms with E-state index >= 15 is 0 Å². The van der Waals surface area contributed by atoms with Crippen molar-refractivity contribution in [3.63, 3.8) is 0 Å². The molecule has 7 rings (SSSR count). The zero-order chi connectivity index (χ0) is 46.5. The van der Waals surface area contributed by atoms with Crippen LogP contribution in [-0.4, -0.2) is 80.7 Å². The number of hydrogen-bond acceptors (Lipinski definition) is 11. The van der Waals surface area contributed by atoms with Crippen LogP contribution in [0.2, 0.25) is 0 Å². The summed E-state index contributed by atoms with van der Waals surface area (Å²) in [4.78, 5) is 83.2. The lowest BCUT2D eigenvalue weighted by Crippen LogP contribution is -3.00. The van der Waals surface area contributed by atoms with E-state index in [0.717, 1.165) is 16.7 Å². The number of allylic oxidation sites excluding steroid dienone is 1. The number of pyridine rings is 1. The van der Waals surface area contributed by atoms with Crippen LogP contribution >= 0.6 is 11.8 Å². The Labute approximate surface area is 398 Å². The van der Waals surface area contributed by atoms with E-state index in [1.54, 1.807) is 99.8 Å². The Hall–Kier alpha value is -6.46. The Bertz CT molecular complexity index is 2480. The Kier molecular flexibility index (Phi) is 15.4. The molecule has 0 radical (unpaired) electrons. The zero-order valence-electron chi connectivity index (χ0n) is 37.4. The van der Waals surface area contributed by atoms with Crippen LogP contribution in [0, 0.1) is 0 Å². The van der Waals surface area contributed by atoms with Crippen molar-refractivity contribution < 1.29 is 69.3 Å². The number of nitrogens with zero attached hydrogens (tertiary/aromatic N) is 3. The number of likely N-dealkylation sites (tertiary alicyclic amines) is 1. The highest BCUT2D eigenvalue weighted by atomic mass is 79.9. The number of benzene rings is 3. The largest absolute Gasteiger partial charge is 1.00 e. The average Bonchev–Trinajstić information content (AvgIpc) is 3.58. The Morgan fingerprint density at radius 2 is 1.48 bits per heavy atom. The van der Waals surface area contributed by atoms with Crippen molar-refractivity contribution in [1.29, 1.82) is 0 Å². The van der Waals surface area contributed by atoms with Gasteiger partial charge in [-0.3, -0.25) is 19.3 Å². The Morgan fingerprint density at radius 1 is 0.848 bits per heavy atom. The van der Waals surface area contributed by atoms with Crippen LogP contribution < -0.4 is 36.9 Å². The highest BCUT2D eigenvalue weighted by Gasteiger charge is 2.55. The summed E-state index contributed by atoms with van der Waals surface area (Å²) in [6.07, 6.45) is 3.26. The van der Waals surface area contributed by atoms with Gasteiger partial charge in [-0.2, -0.15) is 4.57 Å². The van der Waals surface area contributed by atoms with E-state index in [2.05, 4.69) is 10.6 Å². The summed E-state index contributed by atoms with van der Waals surface area (Å²) in [5, 5.41) is 4.89. The minimum absolute atomic E-state index is 0. The Morgan fingerprint density at radius 3 is 2.11 bits per heavy atom. The third-order valence-electron chi connectivity index (χ3n) is 10.2. The van der Waals surface area contributed by atoms with Crippen LogP contribution in [0.3, 0.4) is 0 Å². The number of anilines is 1. The highest BCUT2D eigenvalue weighted by Crippen LogP contribution is 2.43. The number of fused-ring (bicyclic) bond motifs is 1. The number of amides is 4. The number of carbonyl (C=O) groups excluding carboxylic acids is 6. The summed E-state index contributed by atoms with van der Waals surface area (Å²) < 4.78 is 23.8. The quantitative estimate of drug-likeness (QED) is 0.0525. The van der Waals surface area contributed by atoms with E-state index in [9.17, 15) is 28.8 Å². The smallest absolute Gasteiger partial charge is 0.514 e. The molecule has 4 amide bonds. The number of rotatable bonds is 12. The molecular weight excluding hydrogens is 931 g/mol. The van der Waals surface area contributed by atoms with Gasteiger partial charge in [0.2, 0.25) is 12.5 Å². The molecule has 0 spiro atoms. The maximum absolute atomic E-state index is 14.5. The summed E-state index contributed by atoms with van der Waals surface area (Å²) in [5.74, 6) is -1.24. The van der Waals surface area contributed by atoms with E-state index in [4.69, 9.17) is 18.9 Å². The third kappa shape index (κ3) is 12.5. The number of nitrogens with one attached hydrogen (secondary N) is 2. The van der Waals surface area contributed by atoms with Crippen LogP contribution in [0.25, 0.3) is 0 Å². The van der Waals surface area contributed by atoms with Gasteiger partial charge >= 0.3 is 18.2 Å². The van der Waals surface area contributed by atoms with Gasteiger partial charge in [0.1, 0.15) is 34.1 Å². The normalized spacial score (nSPS) is 17.7. The molecular formula is C49H52BrN5O10S. The van der Waals surface area contributed by atoms with Crippen LogP contribution in [-0.2, 0) is 46.5 Å². The van der Waals surface area contributed by atoms with Gasteiger partial charge in [0.05, 0.1) is 6.54 Å². The van der Waals surface area contributed by atoms with E-state index < -0.39 is 52.8 Å². The number of halogens is 1. The molecule has 0 aliphatic carbocycles. The Balaban J connectivity index is 0.00000720. The number of ether oxygens (including phenoxy) is 4. The van der Waals surface area contributed by atoms with Gasteiger partial charge in [0, 0.05) is 35.2 Å². The van der Waals surface area contributed by atoms with Gasteiger partial charge in [-0.15, -0.1) is 11.8 Å². The molecule has 3 aromatic carbocycles. The predicted octanol–water partition coefficient (Wildman–Crippen LogP) is 3.98. The van der Waals surface area contributed by atoms with Gasteiger partial charge in [-0.25, -0.2) is 14.4 Å². The molecule has 4 heterocycles. The van der Waals surface area contributed by atoms with Crippen molar-refractivity contribution >= 4 is 53.4 Å². The monoisotopic (exact) mass is 981 g/mol. The first-order valence-electron chi connectivity index (χ1n) is 21.2. The molecule has 2 saturated heterocycles. The fourth-order valence-electron chi connectivity index (χ4n) is 7.41. The molecule has 3 aliphatic rings. The predicted molar refractivity (Wildman–Crippen MR) is 241 cm³/mol. The molecule has 0 bridgehead atoms. The summed E-state index contributed by atoms with van der Waals surface area (Å²) in [6, 6.07) is 27.7. The van der Waals surface area contributed by atoms with Crippen LogP contribution in [0.5, 0.6) is 5.75 Å². The SMILES string of the molecule is CC(C)(C)OC(=O)N[C@@H]1C(=O)N2C(C(=O)OC(c3ccccc3)c3ccccc3)=C(C=C3CCN(Cc4ccc[n+](CC(=O)Nc5ccc(OC(=O)OC(C)(C)C)cc5)c4)C3=O)CS[C@H]12.[Br-]. The summed E-state index contributed by atoms with van der Waals surface area (Å²) in [5.41, 5.74) is 2.22. The molecule has 0 unspecified atom stereocenters. The topological polar surface area (TPSA) is 174 Å². The molecule has 3 aliphatic heterocycles. The summed E-state index contributed by atoms with van der Waals surface area (Å²) in [6.45, 7) is 11.1. The number of carbonyl (C=O) groups is 6. The van der Waals surface area contributed by atoms with Gasteiger partial charge in [0.25, 0.3) is 11.8 Å². The highest BCUT2D eigenvalue weighted by molar-refractivity contribution is 8.00. The average molecular weight is 983 g/mol. The molecule has 346 valence electrons. The van der Waals surface area contributed by atoms with Crippen molar-refractivity contribution in [2.75, 3.05) is 17.6 Å². The lowest BCUT2D eigenvalue weighted by Gasteiger charge is -2.49. The minimum atomic E-state index is -0.937. The van der Waals surface area contributed by atoms with Crippen molar-refractivity contribution in [3.8, 4) is 5.75 Å². The van der Waals surface area contributed by atoms with Crippen molar-refractivity contribution in [2.24, 2.45) is 0 Å². The second-order valence-corrected chi connectivity index (χ2v) is 18.8. The fraction of sp³-hybridized carbons (Fsp3) is 0.327. The molecule has 2 fully saturated rings. The van der Waals surface area contributed by atoms with E-state index in [1.165, 1.54) is 16.7 Å². The van der Waals surface area contributed by atoms with Gasteiger partial charge in [0.15, 0.2) is 18.5 Å². The molecule has 0 saturated carbocycles. The number of hydrogen-bond donors (Lipinski definition) is 2. The number of aromatic nitrogens is 1. The lowest BCUT2D eigenvalue weighted by atomic mass is 10.00. The fourth-order valence-corrected chi connectivity index (χ4v) is 8.72. The minimum Gasteiger partial charge on any atom is -1.00 e. The molecule has 2 atom stereocenters. The maximum Gasteiger partial charge on any atom is 0.514 e. The molecule has 66 heavy (non-hydrogen) atoms. The molecule has 1 aromatic heterocycles. The summed E-state index contributed by atoms with van der Waals surface area (Å²) in [7, 11) is 0. The van der Waals surface area contributed by atoms with Crippen LogP contribution in [0.1, 0.15) is 70.8 Å². The van der Waals surface area contributed by atoms with E-state index in [-0.39, 0.29) is 59.1 Å².